The largest absolute Gasteiger partial charge is 0.0654 e. The third-order valence-electron chi connectivity index (χ3n) is 9.21. The normalized spacial score (nSPS) is 16.3. The Bertz CT molecular complexity index is 404. The zero-order valence-corrected chi connectivity index (χ0v) is 24.2. The van der Waals surface area contributed by atoms with Gasteiger partial charge in [0.25, 0.3) is 0 Å². The molecule has 0 fully saturated rings. The van der Waals surface area contributed by atoms with E-state index in [9.17, 15) is 0 Å². The fourth-order valence-corrected chi connectivity index (χ4v) is 5.91. The van der Waals surface area contributed by atoms with Gasteiger partial charge < -0.3 is 0 Å². The SMILES string of the molecule is [CH2]C(C)(CC)CCC(CCCC(CC)CC)(CCC(CC)CCC)CC(CC)CCCC. The summed E-state index contributed by atoms with van der Waals surface area (Å²) in [6.45, 7) is 23.8. The quantitative estimate of drug-likeness (QED) is 0.154. The van der Waals surface area contributed by atoms with E-state index in [1.807, 2.05) is 0 Å². The van der Waals surface area contributed by atoms with E-state index < -0.39 is 0 Å². The molecule has 0 aliphatic carbocycles. The molecule has 0 aromatic carbocycles. The summed E-state index contributed by atoms with van der Waals surface area (Å²) in [6.07, 6.45) is 25.1. The smallest absolute Gasteiger partial charge is 0.0295 e. The number of rotatable bonds is 22. The van der Waals surface area contributed by atoms with Crippen LogP contribution in [0.25, 0.3) is 0 Å². The van der Waals surface area contributed by atoms with Crippen molar-refractivity contribution in [3.05, 3.63) is 6.92 Å². The molecule has 4 unspecified atom stereocenters. The summed E-state index contributed by atoms with van der Waals surface area (Å²) in [6, 6.07) is 0. The molecule has 0 aromatic heterocycles. The van der Waals surface area contributed by atoms with E-state index in [1.165, 1.54) is 116 Å². The lowest BCUT2D eigenvalue weighted by molar-refractivity contribution is 0.114. The molecule has 0 amide bonds. The molecule has 0 bridgehead atoms. The second-order valence-electron chi connectivity index (χ2n) is 12.0. The molecule has 0 rings (SSSR count). The minimum absolute atomic E-state index is 0.249. The first-order valence-electron chi connectivity index (χ1n) is 15.1. The van der Waals surface area contributed by atoms with Gasteiger partial charge in [0, 0.05) is 0 Å². The van der Waals surface area contributed by atoms with Crippen molar-refractivity contribution in [2.24, 2.45) is 28.6 Å². The van der Waals surface area contributed by atoms with Gasteiger partial charge in [-0.1, -0.05) is 132 Å². The van der Waals surface area contributed by atoms with Gasteiger partial charge in [-0.2, -0.15) is 0 Å². The highest BCUT2D eigenvalue weighted by atomic mass is 14.4. The molecule has 0 N–H and O–H groups in total. The molecule has 1 radical (unpaired) electrons. The first-order chi connectivity index (χ1) is 15.2. The van der Waals surface area contributed by atoms with Gasteiger partial charge >= 0.3 is 0 Å². The highest BCUT2D eigenvalue weighted by molar-refractivity contribution is 4.87. The Morgan fingerprint density at radius 2 is 1.16 bits per heavy atom. The van der Waals surface area contributed by atoms with E-state index in [4.69, 9.17) is 0 Å². The Balaban J connectivity index is 5.67. The second kappa shape index (κ2) is 18.3. The average molecular weight is 450 g/mol. The lowest BCUT2D eigenvalue weighted by Crippen LogP contribution is -2.28. The molecule has 0 saturated heterocycles. The van der Waals surface area contributed by atoms with Gasteiger partial charge in [-0.05, 0) is 74.0 Å². The summed E-state index contributed by atoms with van der Waals surface area (Å²) in [5, 5.41) is 0. The number of hydrogen-bond acceptors (Lipinski definition) is 0. The zero-order valence-electron chi connectivity index (χ0n) is 24.2. The van der Waals surface area contributed by atoms with Crippen molar-refractivity contribution in [3.63, 3.8) is 0 Å². The van der Waals surface area contributed by atoms with E-state index in [2.05, 4.69) is 62.3 Å². The summed E-state index contributed by atoms with van der Waals surface area (Å²) < 4.78 is 0. The van der Waals surface area contributed by atoms with Crippen molar-refractivity contribution in [1.29, 1.82) is 0 Å². The Kier molecular flexibility index (Phi) is 18.3. The topological polar surface area (TPSA) is 0 Å². The summed E-state index contributed by atoms with van der Waals surface area (Å²) in [4.78, 5) is 0. The highest BCUT2D eigenvalue weighted by Crippen LogP contribution is 2.47. The monoisotopic (exact) mass is 450 g/mol. The van der Waals surface area contributed by atoms with Crippen LogP contribution in [0.5, 0.6) is 0 Å². The first kappa shape index (κ1) is 32.0. The predicted octanol–water partition coefficient (Wildman–Crippen LogP) is 11.8. The molecule has 0 spiro atoms. The molecular weight excluding hydrogens is 384 g/mol. The molecule has 4 atom stereocenters. The third-order valence-corrected chi connectivity index (χ3v) is 9.21. The van der Waals surface area contributed by atoms with Gasteiger partial charge in [0.05, 0.1) is 0 Å². The minimum atomic E-state index is 0.249. The van der Waals surface area contributed by atoms with E-state index in [1.54, 1.807) is 0 Å². The summed E-state index contributed by atoms with van der Waals surface area (Å²) in [7, 11) is 0. The van der Waals surface area contributed by atoms with E-state index in [0.717, 1.165) is 17.8 Å². The van der Waals surface area contributed by atoms with E-state index in [-0.39, 0.29) is 5.41 Å². The van der Waals surface area contributed by atoms with Gasteiger partial charge in [-0.15, -0.1) is 0 Å². The Morgan fingerprint density at radius 1 is 0.562 bits per heavy atom. The van der Waals surface area contributed by atoms with Gasteiger partial charge in [0.1, 0.15) is 0 Å². The molecule has 0 aliphatic heterocycles. The Morgan fingerprint density at radius 3 is 1.66 bits per heavy atom. The molecule has 0 aliphatic rings. The van der Waals surface area contributed by atoms with E-state index in [0.29, 0.717) is 5.41 Å². The minimum Gasteiger partial charge on any atom is -0.0654 e. The van der Waals surface area contributed by atoms with Crippen molar-refractivity contribution >= 4 is 0 Å². The summed E-state index contributed by atoms with van der Waals surface area (Å²) in [5.74, 6) is 2.80. The predicted molar refractivity (Wildman–Crippen MR) is 149 cm³/mol. The second-order valence-corrected chi connectivity index (χ2v) is 12.0. The lowest BCUT2D eigenvalue weighted by Gasteiger charge is -2.41. The van der Waals surface area contributed by atoms with Crippen LogP contribution < -0.4 is 0 Å². The maximum atomic E-state index is 4.62. The van der Waals surface area contributed by atoms with Crippen LogP contribution in [-0.4, -0.2) is 0 Å². The molecule has 0 aromatic rings. The molecule has 0 heterocycles. The zero-order chi connectivity index (χ0) is 24.5. The van der Waals surface area contributed by atoms with Crippen molar-refractivity contribution in [3.8, 4) is 0 Å². The molecule has 0 heteroatoms. The van der Waals surface area contributed by atoms with Crippen LogP contribution in [0.4, 0.5) is 0 Å². The summed E-state index contributed by atoms with van der Waals surface area (Å²) in [5.41, 5.74) is 0.801. The number of hydrogen-bond donors (Lipinski definition) is 0. The summed E-state index contributed by atoms with van der Waals surface area (Å²) >= 11 is 0. The van der Waals surface area contributed by atoms with E-state index >= 15 is 0 Å². The van der Waals surface area contributed by atoms with Crippen LogP contribution in [0.1, 0.15) is 171 Å². The number of unbranched alkanes of at least 4 members (excludes halogenated alkanes) is 1. The molecule has 32 heavy (non-hydrogen) atoms. The van der Waals surface area contributed by atoms with Crippen molar-refractivity contribution in [1.82, 2.24) is 0 Å². The third kappa shape index (κ3) is 13.6. The van der Waals surface area contributed by atoms with Crippen LogP contribution >= 0.6 is 0 Å². The van der Waals surface area contributed by atoms with Crippen molar-refractivity contribution in [2.75, 3.05) is 0 Å². The molecule has 0 saturated carbocycles. The van der Waals surface area contributed by atoms with Gasteiger partial charge in [0.2, 0.25) is 0 Å². The van der Waals surface area contributed by atoms with Crippen LogP contribution in [0.2, 0.25) is 0 Å². The van der Waals surface area contributed by atoms with Gasteiger partial charge in [-0.3, -0.25) is 0 Å². The maximum Gasteiger partial charge on any atom is -0.0295 e. The molecular formula is C32H65. The average Bonchev–Trinajstić information content (AvgIpc) is 2.80. The molecule has 193 valence electrons. The van der Waals surface area contributed by atoms with Crippen LogP contribution in [-0.2, 0) is 0 Å². The Labute approximate surface area is 206 Å². The fraction of sp³-hybridized carbons (Fsp3) is 0.969. The Hall–Kier alpha value is 0. The van der Waals surface area contributed by atoms with Crippen LogP contribution in [0.15, 0.2) is 0 Å². The van der Waals surface area contributed by atoms with Gasteiger partial charge in [-0.25, -0.2) is 0 Å². The van der Waals surface area contributed by atoms with Crippen molar-refractivity contribution < 1.29 is 0 Å². The standard InChI is InChI=1S/C32H65/c1-10-17-20-30(15-6)27-32(26-25-31(8,9)16-7,23-18-21-28(12-3)13-4)24-22-29(14-5)19-11-2/h28-30H,8,10-27H2,1-7,9H3. The molecule has 0 nitrogen and oxygen atoms in total. The van der Waals surface area contributed by atoms with Gasteiger partial charge in [0.15, 0.2) is 0 Å². The van der Waals surface area contributed by atoms with Crippen molar-refractivity contribution in [2.45, 2.75) is 171 Å². The first-order valence-corrected chi connectivity index (χ1v) is 15.1. The van der Waals surface area contributed by atoms with Crippen LogP contribution in [0, 0.1) is 35.5 Å². The highest BCUT2D eigenvalue weighted by Gasteiger charge is 2.34. The fourth-order valence-electron chi connectivity index (χ4n) is 5.91. The lowest BCUT2D eigenvalue weighted by atomic mass is 9.65. The van der Waals surface area contributed by atoms with Crippen LogP contribution in [0.3, 0.4) is 0 Å². The maximum absolute atomic E-state index is 4.62.